The number of nitrogens with one attached hydrogen (secondary N) is 1. The molecule has 0 aliphatic carbocycles. The number of esters is 1. The molecule has 0 rings (SSSR count). The molecule has 0 bridgehead atoms. The first-order chi connectivity index (χ1) is 34.4. The summed E-state index contributed by atoms with van der Waals surface area (Å²) in [6.45, 7) is 6.64. The molecule has 0 aromatic rings. The Bertz CT molecular complexity index is 1680. The molecule has 9 nitrogen and oxygen atoms in total. The van der Waals surface area contributed by atoms with Gasteiger partial charge in [-0.05, 0) is 102 Å². The number of carbonyl (C=O) groups is 2. The van der Waals surface area contributed by atoms with E-state index in [0.717, 1.165) is 89.9 Å². The van der Waals surface area contributed by atoms with E-state index >= 15 is 0 Å². The van der Waals surface area contributed by atoms with E-state index in [9.17, 15) is 19.0 Å². The third kappa shape index (κ3) is 50.9. The van der Waals surface area contributed by atoms with Crippen molar-refractivity contribution < 1.29 is 37.3 Å². The summed E-state index contributed by atoms with van der Waals surface area (Å²) in [5.74, 6) is -0.684. The number of ether oxygens (including phenoxy) is 1. The van der Waals surface area contributed by atoms with Gasteiger partial charge in [-0.1, -0.05) is 206 Å². The van der Waals surface area contributed by atoms with Crippen LogP contribution in [0.15, 0.2) is 134 Å². The van der Waals surface area contributed by atoms with Gasteiger partial charge in [-0.15, -0.1) is 0 Å². The van der Waals surface area contributed by atoms with Crippen LogP contribution in [0.3, 0.4) is 0 Å². The Labute approximate surface area is 435 Å². The van der Waals surface area contributed by atoms with Gasteiger partial charge in [0.25, 0.3) is 0 Å². The fraction of sp³-hybridized carbons (Fsp3) is 0.607. The summed E-state index contributed by atoms with van der Waals surface area (Å²) in [5.41, 5.74) is 0. The normalized spacial score (nSPS) is 14.9. The molecule has 1 amide bonds. The summed E-state index contributed by atoms with van der Waals surface area (Å²) in [7, 11) is 1.40. The summed E-state index contributed by atoms with van der Waals surface area (Å²) in [6.07, 6.45) is 70.5. The standard InChI is InChI=1S/C61H101N2O7P/c1-7-10-13-16-19-22-25-28-30-32-34-36-39-42-45-48-51-54-61(65)70-59(52-49-46-43-40-37-27-24-21-18-15-12-9-3)58(57-69-71(66,67)68-56-55-63(4,5)6)62-60(64)53-50-47-44-41-38-35-33-31-29-26-23-20-17-14-11-8-2/h10-11,13-14,19-20,22-23,28-31,34-36,38,42,44-45,47,49,52,58-59H,7-9,12,15-18,21,24-27,32-33,37,39-41,43,46,48,50-51,53-57H2,1-6H3,(H-,62,64,66,67)/p+1/b13-10-,14-11+,22-19-,23-20+,30-28-,31-29+,36-34-,38-35+,45-42-,47-44+,52-49+. The molecule has 3 unspecified atom stereocenters. The molecule has 10 heteroatoms. The van der Waals surface area contributed by atoms with E-state index in [-0.39, 0.29) is 32.0 Å². The first-order valence-electron chi connectivity index (χ1n) is 27.5. The van der Waals surface area contributed by atoms with Crippen molar-refractivity contribution in [3.05, 3.63) is 134 Å². The van der Waals surface area contributed by atoms with Crippen molar-refractivity contribution in [2.24, 2.45) is 0 Å². The highest BCUT2D eigenvalue weighted by Gasteiger charge is 2.30. The quantitative estimate of drug-likeness (QED) is 0.0205. The van der Waals surface area contributed by atoms with Crippen LogP contribution in [0.25, 0.3) is 0 Å². The lowest BCUT2D eigenvalue weighted by molar-refractivity contribution is -0.870. The van der Waals surface area contributed by atoms with Gasteiger partial charge in [0.15, 0.2) is 0 Å². The molecular formula is C61H102N2O7P+. The zero-order chi connectivity index (χ0) is 52.2. The third-order valence-electron chi connectivity index (χ3n) is 11.1. The Balaban J connectivity index is 5.61. The molecule has 0 saturated heterocycles. The first kappa shape index (κ1) is 67.1. The average Bonchev–Trinajstić information content (AvgIpc) is 3.33. The molecule has 2 N–H and O–H groups in total. The van der Waals surface area contributed by atoms with Crippen LogP contribution in [0, 0.1) is 0 Å². The molecule has 0 radical (unpaired) electrons. The van der Waals surface area contributed by atoms with Gasteiger partial charge < -0.3 is 19.4 Å². The van der Waals surface area contributed by atoms with Crippen molar-refractivity contribution >= 4 is 19.7 Å². The zero-order valence-electron chi connectivity index (χ0n) is 45.7. The van der Waals surface area contributed by atoms with E-state index in [1.807, 2.05) is 39.4 Å². The largest absolute Gasteiger partial charge is 0.472 e. The third-order valence-corrected chi connectivity index (χ3v) is 12.1. The number of quaternary nitrogens is 1. The van der Waals surface area contributed by atoms with Gasteiger partial charge in [-0.2, -0.15) is 0 Å². The van der Waals surface area contributed by atoms with E-state index in [1.165, 1.54) is 51.4 Å². The van der Waals surface area contributed by atoms with Crippen LogP contribution in [-0.2, 0) is 27.9 Å². The van der Waals surface area contributed by atoms with E-state index in [1.54, 1.807) is 6.08 Å². The van der Waals surface area contributed by atoms with Crippen LogP contribution in [0.1, 0.15) is 188 Å². The lowest BCUT2D eigenvalue weighted by Crippen LogP contribution is -2.47. The number of hydrogen-bond donors (Lipinski definition) is 2. The number of unbranched alkanes of at least 4 members (excludes halogenated alkanes) is 11. The van der Waals surface area contributed by atoms with E-state index in [0.29, 0.717) is 23.9 Å². The molecule has 0 heterocycles. The predicted molar refractivity (Wildman–Crippen MR) is 304 cm³/mol. The highest BCUT2D eigenvalue weighted by molar-refractivity contribution is 7.47. The Morgan fingerprint density at radius 1 is 0.507 bits per heavy atom. The molecule has 0 aromatic heterocycles. The number of allylic oxidation sites excluding steroid dienone is 21. The van der Waals surface area contributed by atoms with Gasteiger partial charge in [-0.3, -0.25) is 18.6 Å². The maximum atomic E-state index is 13.4. The molecule has 402 valence electrons. The summed E-state index contributed by atoms with van der Waals surface area (Å²) in [5, 5.41) is 2.97. The van der Waals surface area contributed by atoms with Crippen molar-refractivity contribution in [2.75, 3.05) is 40.9 Å². The number of likely N-dealkylation sites (N-methyl/N-ethyl adjacent to an activating group) is 1. The van der Waals surface area contributed by atoms with Crippen LogP contribution >= 0.6 is 7.82 Å². The van der Waals surface area contributed by atoms with Gasteiger partial charge in [0.1, 0.15) is 19.3 Å². The molecule has 0 fully saturated rings. The number of carbonyl (C=O) groups excluding carboxylic acids is 2. The van der Waals surface area contributed by atoms with Crippen LogP contribution in [0.5, 0.6) is 0 Å². The minimum Gasteiger partial charge on any atom is -0.456 e. The number of phosphoric ester groups is 1. The number of nitrogens with zero attached hydrogens (tertiary/aromatic N) is 1. The van der Waals surface area contributed by atoms with Gasteiger partial charge in [0.05, 0.1) is 33.8 Å². The SMILES string of the molecule is CC/C=C\C/C=C\C/C=C\C/C=C\C/C=C\CCCC(=O)OC(/C=C/CCCCCCCCCCCC)C(COP(=O)(O)OCC[N+](C)(C)C)NC(=O)CC/C=C/C/C=C/C/C=C/C/C=C/C/C=C/CC. The number of amides is 1. The molecule has 0 spiro atoms. The molecule has 3 atom stereocenters. The smallest absolute Gasteiger partial charge is 0.456 e. The molecular weight excluding hydrogens is 904 g/mol. The topological polar surface area (TPSA) is 111 Å². The molecule has 0 aliphatic heterocycles. The number of hydrogen-bond acceptors (Lipinski definition) is 6. The average molecular weight is 1010 g/mol. The fourth-order valence-corrected chi connectivity index (χ4v) is 7.64. The van der Waals surface area contributed by atoms with Gasteiger partial charge in [0, 0.05) is 12.8 Å². The van der Waals surface area contributed by atoms with Crippen LogP contribution in [0.4, 0.5) is 0 Å². The molecule has 0 aliphatic rings. The Morgan fingerprint density at radius 3 is 1.37 bits per heavy atom. The predicted octanol–water partition coefficient (Wildman–Crippen LogP) is 16.5. The number of rotatable bonds is 47. The lowest BCUT2D eigenvalue weighted by Gasteiger charge is -2.27. The maximum Gasteiger partial charge on any atom is 0.472 e. The number of phosphoric acid groups is 1. The molecule has 71 heavy (non-hydrogen) atoms. The lowest BCUT2D eigenvalue weighted by atomic mass is 10.1. The van der Waals surface area contributed by atoms with Gasteiger partial charge in [-0.25, -0.2) is 4.57 Å². The van der Waals surface area contributed by atoms with Crippen LogP contribution in [-0.4, -0.2) is 74.3 Å². The molecule has 0 aromatic carbocycles. The van der Waals surface area contributed by atoms with Gasteiger partial charge >= 0.3 is 13.8 Å². The highest BCUT2D eigenvalue weighted by Crippen LogP contribution is 2.43. The second-order valence-electron chi connectivity index (χ2n) is 19.0. The van der Waals surface area contributed by atoms with Crippen molar-refractivity contribution in [1.82, 2.24) is 5.32 Å². The summed E-state index contributed by atoms with van der Waals surface area (Å²) in [6, 6.07) is -0.919. The van der Waals surface area contributed by atoms with Crippen molar-refractivity contribution in [3.8, 4) is 0 Å². The van der Waals surface area contributed by atoms with E-state index in [4.69, 9.17) is 13.8 Å². The van der Waals surface area contributed by atoms with Crippen molar-refractivity contribution in [3.63, 3.8) is 0 Å². The minimum absolute atomic E-state index is 0.0105. The van der Waals surface area contributed by atoms with Crippen molar-refractivity contribution in [2.45, 2.75) is 200 Å². The summed E-state index contributed by atoms with van der Waals surface area (Å²) < 4.78 is 30.5. The second kappa shape index (κ2) is 49.7. The maximum absolute atomic E-state index is 13.4. The van der Waals surface area contributed by atoms with Crippen LogP contribution in [0.2, 0.25) is 0 Å². The Hall–Kier alpha value is -3.85. The Kier molecular flexibility index (Phi) is 47.0. The minimum atomic E-state index is -4.48. The van der Waals surface area contributed by atoms with Crippen molar-refractivity contribution in [1.29, 1.82) is 0 Å². The Morgan fingerprint density at radius 2 is 0.915 bits per heavy atom. The monoisotopic (exact) mass is 1010 g/mol. The van der Waals surface area contributed by atoms with Crippen LogP contribution < -0.4 is 5.32 Å². The first-order valence-corrected chi connectivity index (χ1v) is 29.0. The summed E-state index contributed by atoms with van der Waals surface area (Å²) in [4.78, 5) is 37.5. The zero-order valence-corrected chi connectivity index (χ0v) is 46.5. The highest BCUT2D eigenvalue weighted by atomic mass is 31.2. The second-order valence-corrected chi connectivity index (χ2v) is 20.4. The fourth-order valence-electron chi connectivity index (χ4n) is 6.90. The van der Waals surface area contributed by atoms with Gasteiger partial charge in [0.2, 0.25) is 5.91 Å². The van der Waals surface area contributed by atoms with E-state index in [2.05, 4.69) is 135 Å². The molecule has 0 saturated carbocycles. The summed E-state index contributed by atoms with van der Waals surface area (Å²) >= 11 is 0. The van der Waals surface area contributed by atoms with E-state index < -0.39 is 25.9 Å².